The molecule has 0 aliphatic heterocycles. The number of unbranched alkanes of at least 4 members (excludes halogenated alkanes) is 2. The molecule has 4 N–H and O–H groups in total. The highest BCUT2D eigenvalue weighted by atomic mass is 16.2. The van der Waals surface area contributed by atoms with E-state index < -0.39 is 0 Å². The number of rotatable bonds is 18. The number of hydrogen-bond acceptors (Lipinski definition) is 4. The molecule has 192 valence electrons. The van der Waals surface area contributed by atoms with Crippen molar-refractivity contribution < 1.29 is 9.59 Å². The number of carbonyl (C=O) groups is 2. The van der Waals surface area contributed by atoms with Crippen molar-refractivity contribution in [2.24, 2.45) is 0 Å². The van der Waals surface area contributed by atoms with Crippen molar-refractivity contribution in [3.05, 3.63) is 71.8 Å². The lowest BCUT2D eigenvalue weighted by atomic mass is 10.1. The number of amides is 2. The van der Waals surface area contributed by atoms with Gasteiger partial charge in [0.15, 0.2) is 0 Å². The molecule has 0 spiro atoms. The van der Waals surface area contributed by atoms with Crippen molar-refractivity contribution in [1.29, 1.82) is 0 Å². The Morgan fingerprint density at radius 3 is 1.37 bits per heavy atom. The van der Waals surface area contributed by atoms with Crippen molar-refractivity contribution in [3.8, 4) is 0 Å². The molecule has 2 amide bonds. The van der Waals surface area contributed by atoms with Gasteiger partial charge in [-0.25, -0.2) is 0 Å². The molecule has 0 aliphatic rings. The molecule has 0 saturated carbocycles. The van der Waals surface area contributed by atoms with Gasteiger partial charge in [0, 0.05) is 25.2 Å². The molecule has 2 aromatic carbocycles. The lowest BCUT2D eigenvalue weighted by Gasteiger charge is -2.14. The summed E-state index contributed by atoms with van der Waals surface area (Å²) in [4.78, 5) is 23.9. The van der Waals surface area contributed by atoms with E-state index in [-0.39, 0.29) is 18.2 Å². The smallest absolute Gasteiger partial charge is 0.229 e. The second kappa shape index (κ2) is 17.7. The molecule has 6 nitrogen and oxygen atoms in total. The predicted molar refractivity (Wildman–Crippen MR) is 144 cm³/mol. The highest BCUT2D eigenvalue weighted by Gasteiger charge is 2.08. The SMILES string of the molecule is C[C@@H](Cc1ccccc1)NCCCCNC(=O)CC(=O)NCCCCN[C@@H](C)Cc1ccccc1. The zero-order chi connectivity index (χ0) is 25.1. The summed E-state index contributed by atoms with van der Waals surface area (Å²) in [6.45, 7) is 7.43. The summed E-state index contributed by atoms with van der Waals surface area (Å²) in [5, 5.41) is 12.7. The van der Waals surface area contributed by atoms with Crippen molar-refractivity contribution in [1.82, 2.24) is 21.3 Å². The maximum absolute atomic E-state index is 12.0. The van der Waals surface area contributed by atoms with E-state index in [1.165, 1.54) is 11.1 Å². The Morgan fingerprint density at radius 1 is 0.600 bits per heavy atom. The molecular weight excluding hydrogens is 436 g/mol. The van der Waals surface area contributed by atoms with Crippen LogP contribution in [-0.4, -0.2) is 50.1 Å². The van der Waals surface area contributed by atoms with Gasteiger partial charge >= 0.3 is 0 Å². The van der Waals surface area contributed by atoms with Gasteiger partial charge in [-0.3, -0.25) is 9.59 Å². The number of benzene rings is 2. The van der Waals surface area contributed by atoms with Crippen molar-refractivity contribution in [3.63, 3.8) is 0 Å². The van der Waals surface area contributed by atoms with Gasteiger partial charge in [0.05, 0.1) is 0 Å². The molecule has 0 aromatic heterocycles. The summed E-state index contributed by atoms with van der Waals surface area (Å²) >= 11 is 0. The van der Waals surface area contributed by atoms with Crippen molar-refractivity contribution >= 4 is 11.8 Å². The second-order valence-electron chi connectivity index (χ2n) is 9.38. The average Bonchev–Trinajstić information content (AvgIpc) is 2.84. The summed E-state index contributed by atoms with van der Waals surface area (Å²) in [6.07, 6.45) is 5.70. The zero-order valence-corrected chi connectivity index (χ0v) is 21.5. The van der Waals surface area contributed by atoms with E-state index in [2.05, 4.69) is 83.6 Å². The maximum Gasteiger partial charge on any atom is 0.229 e. The van der Waals surface area contributed by atoms with Crippen LogP contribution < -0.4 is 21.3 Å². The van der Waals surface area contributed by atoms with E-state index >= 15 is 0 Å². The molecule has 6 heteroatoms. The van der Waals surface area contributed by atoms with Crippen LogP contribution >= 0.6 is 0 Å². The fraction of sp³-hybridized carbons (Fsp3) is 0.517. The normalized spacial score (nSPS) is 12.6. The Balaban J connectivity index is 1.39. The molecule has 2 atom stereocenters. The summed E-state index contributed by atoms with van der Waals surface area (Å²) in [7, 11) is 0. The molecule has 0 bridgehead atoms. The first-order chi connectivity index (χ1) is 17.0. The van der Waals surface area contributed by atoms with Crippen LogP contribution in [0.5, 0.6) is 0 Å². The largest absolute Gasteiger partial charge is 0.356 e. The summed E-state index contributed by atoms with van der Waals surface area (Å²) in [5.74, 6) is -0.409. The van der Waals surface area contributed by atoms with E-state index in [1.54, 1.807) is 0 Å². The van der Waals surface area contributed by atoms with E-state index in [1.807, 2.05) is 12.1 Å². The molecule has 2 aromatic rings. The monoisotopic (exact) mass is 480 g/mol. The standard InChI is InChI=1S/C29H44N4O2/c1-24(21-26-13-5-3-6-14-26)30-17-9-11-19-32-28(34)23-29(35)33-20-12-10-18-31-25(2)22-27-15-7-4-8-16-27/h3-8,13-16,24-25,30-31H,9-12,17-23H2,1-2H3,(H,32,34)(H,33,35)/t24-,25-/m0/s1. The van der Waals surface area contributed by atoms with Gasteiger partial charge in [-0.1, -0.05) is 60.7 Å². The topological polar surface area (TPSA) is 82.3 Å². The van der Waals surface area contributed by atoms with Crippen LogP contribution in [0.25, 0.3) is 0 Å². The van der Waals surface area contributed by atoms with Crippen LogP contribution in [0.3, 0.4) is 0 Å². The Kier molecular flexibility index (Phi) is 14.4. The molecule has 0 radical (unpaired) electrons. The van der Waals surface area contributed by atoms with E-state index in [9.17, 15) is 9.59 Å². The quantitative estimate of drug-likeness (QED) is 0.194. The third-order valence-corrected chi connectivity index (χ3v) is 5.93. The molecule has 0 fully saturated rings. The number of nitrogens with one attached hydrogen (secondary N) is 4. The molecule has 0 unspecified atom stereocenters. The van der Waals surface area contributed by atoms with Crippen LogP contribution in [0.1, 0.15) is 57.1 Å². The predicted octanol–water partition coefficient (Wildman–Crippen LogP) is 3.61. The molecule has 0 aliphatic carbocycles. The van der Waals surface area contributed by atoms with Crippen LogP contribution in [-0.2, 0) is 22.4 Å². The first-order valence-corrected chi connectivity index (χ1v) is 13.1. The van der Waals surface area contributed by atoms with Gasteiger partial charge in [0.25, 0.3) is 0 Å². The highest BCUT2D eigenvalue weighted by molar-refractivity contribution is 5.96. The summed E-state index contributed by atoms with van der Waals surface area (Å²) < 4.78 is 0. The third kappa shape index (κ3) is 14.3. The molecule has 0 heterocycles. The Hall–Kier alpha value is -2.70. The first kappa shape index (κ1) is 28.5. The van der Waals surface area contributed by atoms with Crippen LogP contribution in [0, 0.1) is 0 Å². The lowest BCUT2D eigenvalue weighted by Crippen LogP contribution is -2.34. The van der Waals surface area contributed by atoms with Gasteiger partial charge in [-0.15, -0.1) is 0 Å². The molecule has 0 saturated heterocycles. The Bertz CT molecular complexity index is 760. The van der Waals surface area contributed by atoms with Crippen LogP contribution in [0.15, 0.2) is 60.7 Å². The van der Waals surface area contributed by atoms with E-state index in [0.717, 1.165) is 51.6 Å². The third-order valence-electron chi connectivity index (χ3n) is 5.93. The lowest BCUT2D eigenvalue weighted by molar-refractivity contribution is -0.129. The summed E-state index contributed by atoms with van der Waals surface area (Å²) in [6, 6.07) is 21.8. The fourth-order valence-electron chi connectivity index (χ4n) is 4.00. The van der Waals surface area contributed by atoms with E-state index in [0.29, 0.717) is 25.2 Å². The molecule has 35 heavy (non-hydrogen) atoms. The fourth-order valence-corrected chi connectivity index (χ4v) is 4.00. The Labute approximate surface area is 211 Å². The van der Waals surface area contributed by atoms with Crippen LogP contribution in [0.4, 0.5) is 0 Å². The zero-order valence-electron chi connectivity index (χ0n) is 21.5. The van der Waals surface area contributed by atoms with Gasteiger partial charge < -0.3 is 21.3 Å². The molecular formula is C29H44N4O2. The Morgan fingerprint density at radius 2 is 0.971 bits per heavy atom. The maximum atomic E-state index is 12.0. The number of hydrogen-bond donors (Lipinski definition) is 4. The van der Waals surface area contributed by atoms with Crippen LogP contribution in [0.2, 0.25) is 0 Å². The van der Waals surface area contributed by atoms with Gasteiger partial charge in [0.1, 0.15) is 6.42 Å². The highest BCUT2D eigenvalue weighted by Crippen LogP contribution is 2.04. The first-order valence-electron chi connectivity index (χ1n) is 13.1. The minimum absolute atomic E-state index is 0.0985. The second-order valence-corrected chi connectivity index (χ2v) is 9.38. The van der Waals surface area contributed by atoms with Gasteiger partial charge in [-0.05, 0) is 76.6 Å². The summed E-state index contributed by atoms with van der Waals surface area (Å²) in [5.41, 5.74) is 2.67. The van der Waals surface area contributed by atoms with Gasteiger partial charge in [-0.2, -0.15) is 0 Å². The average molecular weight is 481 g/mol. The van der Waals surface area contributed by atoms with E-state index in [4.69, 9.17) is 0 Å². The minimum atomic E-state index is -0.204. The van der Waals surface area contributed by atoms with Crippen molar-refractivity contribution in [2.45, 2.75) is 70.9 Å². The number of carbonyl (C=O) groups excluding carboxylic acids is 2. The minimum Gasteiger partial charge on any atom is -0.356 e. The van der Waals surface area contributed by atoms with Gasteiger partial charge in [0.2, 0.25) is 11.8 Å². The molecule has 2 rings (SSSR count). The van der Waals surface area contributed by atoms with Crippen molar-refractivity contribution in [2.75, 3.05) is 26.2 Å².